The summed E-state index contributed by atoms with van der Waals surface area (Å²) >= 11 is 1.81. The summed E-state index contributed by atoms with van der Waals surface area (Å²) in [5, 5.41) is 4.53. The van der Waals surface area contributed by atoms with Crippen LogP contribution in [-0.2, 0) is 4.79 Å². The molecule has 2 fully saturated rings. The van der Waals surface area contributed by atoms with E-state index in [9.17, 15) is 4.79 Å². The third kappa shape index (κ3) is 2.63. The first kappa shape index (κ1) is 14.2. The van der Waals surface area contributed by atoms with E-state index in [2.05, 4.69) is 28.4 Å². The van der Waals surface area contributed by atoms with Crippen molar-refractivity contribution in [3.05, 3.63) is 29.3 Å². The number of carbonyl (C=O) groups excluding carboxylic acids is 1. The molecular formula is C17H21N3OS. The number of amides is 1. The fourth-order valence-electron chi connectivity index (χ4n) is 3.54. The molecule has 1 aromatic heterocycles. The first-order chi connectivity index (χ1) is 10.8. The topological polar surface area (TPSA) is 45.2 Å². The molecule has 116 valence electrons. The number of piperidine rings is 1. The van der Waals surface area contributed by atoms with Gasteiger partial charge in [-0.25, -0.2) is 4.98 Å². The van der Waals surface area contributed by atoms with Gasteiger partial charge in [0.2, 0.25) is 5.91 Å². The van der Waals surface area contributed by atoms with E-state index in [0.29, 0.717) is 11.8 Å². The summed E-state index contributed by atoms with van der Waals surface area (Å²) in [6.07, 6.45) is 3.09. The molecule has 0 spiro atoms. The van der Waals surface area contributed by atoms with Crippen molar-refractivity contribution in [3.63, 3.8) is 0 Å². The number of hydrogen-bond acceptors (Lipinski definition) is 4. The van der Waals surface area contributed by atoms with E-state index < -0.39 is 0 Å². The molecule has 1 N–H and O–H groups in total. The first-order valence-electron chi connectivity index (χ1n) is 8.16. The van der Waals surface area contributed by atoms with E-state index in [0.717, 1.165) is 51.0 Å². The Bertz CT molecular complexity index is 636. The maximum atomic E-state index is 12.5. The Morgan fingerprint density at radius 1 is 1.23 bits per heavy atom. The van der Waals surface area contributed by atoms with Crippen molar-refractivity contribution in [1.82, 2.24) is 15.2 Å². The van der Waals surface area contributed by atoms with E-state index >= 15 is 0 Å². The second-order valence-corrected chi connectivity index (χ2v) is 7.37. The minimum atomic E-state index is 0.207. The molecule has 4 nitrogen and oxygen atoms in total. The number of benzene rings is 1. The lowest BCUT2D eigenvalue weighted by Gasteiger charge is -2.32. The molecule has 2 aromatic rings. The van der Waals surface area contributed by atoms with Crippen LogP contribution in [0.5, 0.6) is 0 Å². The Hall–Kier alpha value is -1.46. The number of fused-ring (bicyclic) bond motifs is 1. The molecule has 5 heteroatoms. The molecule has 0 saturated carbocycles. The molecule has 3 heterocycles. The van der Waals surface area contributed by atoms with E-state index in [1.165, 1.54) is 9.71 Å². The fraction of sp³-hybridized carbons (Fsp3) is 0.529. The summed E-state index contributed by atoms with van der Waals surface area (Å²) in [4.78, 5) is 19.3. The molecule has 1 unspecified atom stereocenters. The van der Waals surface area contributed by atoms with Crippen molar-refractivity contribution in [2.75, 3.05) is 26.2 Å². The van der Waals surface area contributed by atoms with Crippen molar-refractivity contribution >= 4 is 27.5 Å². The smallest absolute Gasteiger partial charge is 0.227 e. The average molecular weight is 315 g/mol. The van der Waals surface area contributed by atoms with Crippen LogP contribution in [0.2, 0.25) is 0 Å². The van der Waals surface area contributed by atoms with Crippen LogP contribution in [0.25, 0.3) is 10.2 Å². The van der Waals surface area contributed by atoms with Gasteiger partial charge in [0.25, 0.3) is 0 Å². The number of carbonyl (C=O) groups is 1. The Kier molecular flexibility index (Phi) is 3.84. The minimum Gasteiger partial charge on any atom is -0.342 e. The molecule has 1 amide bonds. The van der Waals surface area contributed by atoms with Gasteiger partial charge in [-0.15, -0.1) is 11.3 Å². The summed E-state index contributed by atoms with van der Waals surface area (Å²) in [7, 11) is 0. The van der Waals surface area contributed by atoms with Gasteiger partial charge >= 0.3 is 0 Å². The number of hydrogen-bond donors (Lipinski definition) is 1. The second-order valence-electron chi connectivity index (χ2n) is 6.31. The minimum absolute atomic E-state index is 0.207. The molecule has 1 atom stereocenters. The van der Waals surface area contributed by atoms with Gasteiger partial charge in [0.05, 0.1) is 21.1 Å². The molecule has 22 heavy (non-hydrogen) atoms. The largest absolute Gasteiger partial charge is 0.342 e. The third-order valence-corrected chi connectivity index (χ3v) is 6.07. The van der Waals surface area contributed by atoms with Crippen molar-refractivity contribution in [2.24, 2.45) is 5.92 Å². The molecular weight excluding hydrogens is 294 g/mol. The van der Waals surface area contributed by atoms with Gasteiger partial charge in [0, 0.05) is 25.6 Å². The van der Waals surface area contributed by atoms with Gasteiger partial charge in [0.15, 0.2) is 0 Å². The summed E-state index contributed by atoms with van der Waals surface area (Å²) in [6.45, 7) is 3.61. The highest BCUT2D eigenvalue weighted by molar-refractivity contribution is 7.18. The summed E-state index contributed by atoms with van der Waals surface area (Å²) in [6, 6.07) is 8.34. The Balaban J connectivity index is 1.41. The predicted molar refractivity (Wildman–Crippen MR) is 89.2 cm³/mol. The summed E-state index contributed by atoms with van der Waals surface area (Å²) in [5.41, 5.74) is 1.11. The quantitative estimate of drug-likeness (QED) is 0.926. The van der Waals surface area contributed by atoms with Gasteiger partial charge in [-0.05, 0) is 37.9 Å². The monoisotopic (exact) mass is 315 g/mol. The first-order valence-corrected chi connectivity index (χ1v) is 8.98. The Morgan fingerprint density at radius 3 is 2.77 bits per heavy atom. The lowest BCUT2D eigenvalue weighted by Crippen LogP contribution is -2.41. The van der Waals surface area contributed by atoms with Crippen LogP contribution in [-0.4, -0.2) is 42.0 Å². The maximum absolute atomic E-state index is 12.5. The second kappa shape index (κ2) is 5.97. The fourth-order valence-corrected chi connectivity index (χ4v) is 4.67. The number of rotatable bonds is 2. The van der Waals surface area contributed by atoms with Crippen LogP contribution in [0.15, 0.2) is 24.3 Å². The van der Waals surface area contributed by atoms with Gasteiger partial charge in [-0.2, -0.15) is 0 Å². The highest BCUT2D eigenvalue weighted by atomic mass is 32.1. The molecule has 1 aromatic carbocycles. The number of aromatic nitrogens is 1. The summed E-state index contributed by atoms with van der Waals surface area (Å²) < 4.78 is 1.27. The lowest BCUT2D eigenvalue weighted by molar-refractivity contribution is -0.136. The summed E-state index contributed by atoms with van der Waals surface area (Å²) in [5.74, 6) is 1.08. The van der Waals surface area contributed by atoms with Crippen LogP contribution < -0.4 is 5.32 Å². The van der Waals surface area contributed by atoms with Crippen LogP contribution in [0.3, 0.4) is 0 Å². The van der Waals surface area contributed by atoms with Gasteiger partial charge < -0.3 is 10.2 Å². The molecule has 2 aliphatic rings. The zero-order valence-electron chi connectivity index (χ0n) is 12.6. The van der Waals surface area contributed by atoms with Crippen LogP contribution in [0, 0.1) is 5.92 Å². The molecule has 2 saturated heterocycles. The zero-order chi connectivity index (χ0) is 14.9. The normalized spacial score (nSPS) is 23.3. The van der Waals surface area contributed by atoms with Gasteiger partial charge in [0.1, 0.15) is 0 Å². The van der Waals surface area contributed by atoms with Crippen LogP contribution >= 0.6 is 11.3 Å². The van der Waals surface area contributed by atoms with Gasteiger partial charge in [-0.3, -0.25) is 4.79 Å². The third-order valence-electron chi connectivity index (χ3n) is 4.88. The van der Waals surface area contributed by atoms with Crippen molar-refractivity contribution < 1.29 is 4.79 Å². The van der Waals surface area contributed by atoms with Gasteiger partial charge in [-0.1, -0.05) is 12.1 Å². The Morgan fingerprint density at radius 2 is 2.05 bits per heavy atom. The molecule has 0 aliphatic carbocycles. The van der Waals surface area contributed by atoms with E-state index in [-0.39, 0.29) is 5.92 Å². The van der Waals surface area contributed by atoms with Crippen molar-refractivity contribution in [3.8, 4) is 0 Å². The van der Waals surface area contributed by atoms with E-state index in [1.807, 2.05) is 17.4 Å². The number of likely N-dealkylation sites (tertiary alicyclic amines) is 1. The number of nitrogens with one attached hydrogen (secondary N) is 1. The molecule has 2 aliphatic heterocycles. The van der Waals surface area contributed by atoms with Crippen molar-refractivity contribution in [2.45, 2.75) is 25.2 Å². The predicted octanol–water partition coefficient (Wildman–Crippen LogP) is 2.61. The standard InChI is InChI=1S/C17H21N3OS/c21-17(13-5-8-18-11-13)20-9-6-12(7-10-20)16-19-14-3-1-2-4-15(14)22-16/h1-4,12-13,18H,5-11H2. The lowest BCUT2D eigenvalue weighted by atomic mass is 9.96. The maximum Gasteiger partial charge on any atom is 0.227 e. The van der Waals surface area contributed by atoms with Crippen LogP contribution in [0.4, 0.5) is 0 Å². The molecule has 0 radical (unpaired) electrons. The molecule has 0 bridgehead atoms. The Labute approximate surface area is 134 Å². The highest BCUT2D eigenvalue weighted by Crippen LogP contribution is 2.34. The zero-order valence-corrected chi connectivity index (χ0v) is 13.4. The SMILES string of the molecule is O=C(C1CCNC1)N1CCC(c2nc3ccccc3s2)CC1. The van der Waals surface area contributed by atoms with Crippen LogP contribution in [0.1, 0.15) is 30.2 Å². The number of thiazole rings is 1. The van der Waals surface area contributed by atoms with E-state index in [1.54, 1.807) is 0 Å². The highest BCUT2D eigenvalue weighted by Gasteiger charge is 2.31. The van der Waals surface area contributed by atoms with E-state index in [4.69, 9.17) is 4.98 Å². The average Bonchev–Trinajstić information content (AvgIpc) is 3.23. The number of para-hydroxylation sites is 1. The van der Waals surface area contributed by atoms with Crippen molar-refractivity contribution in [1.29, 1.82) is 0 Å². The number of nitrogens with zero attached hydrogens (tertiary/aromatic N) is 2. The molecule has 4 rings (SSSR count).